The normalized spacial score (nSPS) is 17.2. The van der Waals surface area contributed by atoms with Gasteiger partial charge in [0.2, 0.25) is 15.8 Å². The zero-order valence-corrected chi connectivity index (χ0v) is 15.3. The number of halogens is 5. The molecule has 0 bridgehead atoms. The lowest BCUT2D eigenvalue weighted by atomic mass is 10.1. The van der Waals surface area contributed by atoms with Gasteiger partial charge in [-0.1, -0.05) is 0 Å². The predicted octanol–water partition coefficient (Wildman–Crippen LogP) is 1.90. The van der Waals surface area contributed by atoms with Gasteiger partial charge in [0.25, 0.3) is 0 Å². The number of aromatic nitrogens is 3. The zero-order valence-electron chi connectivity index (χ0n) is 14.4. The van der Waals surface area contributed by atoms with E-state index >= 15 is 0 Å². The Morgan fingerprint density at radius 1 is 1.14 bits per heavy atom. The Morgan fingerprint density at radius 3 is 2.29 bits per heavy atom. The number of sulfonamides is 1. The van der Waals surface area contributed by atoms with E-state index in [1.807, 2.05) is 0 Å². The van der Waals surface area contributed by atoms with Crippen molar-refractivity contribution >= 4 is 10.0 Å². The summed E-state index contributed by atoms with van der Waals surface area (Å²) in [5.74, 6) is -3.39. The minimum atomic E-state index is -4.81. The first-order valence-electron chi connectivity index (χ1n) is 8.11. The van der Waals surface area contributed by atoms with E-state index in [1.165, 1.54) is 0 Å². The van der Waals surface area contributed by atoms with Crippen molar-refractivity contribution in [3.8, 4) is 0 Å². The molecule has 1 aromatic heterocycles. The van der Waals surface area contributed by atoms with E-state index in [2.05, 4.69) is 5.10 Å². The highest BCUT2D eigenvalue weighted by Gasteiger charge is 2.40. The maximum atomic E-state index is 13.8. The maximum absolute atomic E-state index is 13.8. The highest BCUT2D eigenvalue weighted by Crippen LogP contribution is 2.30. The molecule has 1 saturated heterocycles. The monoisotopic (exact) mass is 426 g/mol. The second-order valence-corrected chi connectivity index (χ2v) is 8.22. The van der Waals surface area contributed by atoms with E-state index in [-0.39, 0.29) is 25.9 Å². The molecule has 0 N–H and O–H groups in total. The molecule has 1 aliphatic heterocycles. The van der Waals surface area contributed by atoms with Crippen LogP contribution in [0.15, 0.2) is 27.9 Å². The van der Waals surface area contributed by atoms with E-state index in [1.54, 1.807) is 0 Å². The predicted molar refractivity (Wildman–Crippen MR) is 85.9 cm³/mol. The number of hydrogen-bond acceptors (Lipinski definition) is 4. The second kappa shape index (κ2) is 6.95. The van der Waals surface area contributed by atoms with Crippen molar-refractivity contribution in [1.29, 1.82) is 0 Å². The fourth-order valence-electron chi connectivity index (χ4n) is 3.08. The summed E-state index contributed by atoms with van der Waals surface area (Å²) in [6, 6.07) is 1.29. The molecule has 13 heteroatoms. The lowest BCUT2D eigenvalue weighted by molar-refractivity contribution is -0.147. The Labute approximate surface area is 156 Å². The van der Waals surface area contributed by atoms with Gasteiger partial charge in [-0.15, -0.1) is 5.10 Å². The minimum Gasteiger partial charge on any atom is -0.274 e. The standard InChI is InChI=1S/C15H15F5N4O3S/c1-22-13(15(18,19)20)21-24(14(22)25)10-4-6-23(7-5-10)28(26,27)12-8-9(16)2-3-11(12)17/h2-3,8,10H,4-7H2,1H3. The lowest BCUT2D eigenvalue weighted by Crippen LogP contribution is -2.41. The quantitative estimate of drug-likeness (QED) is 0.703. The largest absolute Gasteiger partial charge is 0.451 e. The first-order valence-corrected chi connectivity index (χ1v) is 9.55. The van der Waals surface area contributed by atoms with Gasteiger partial charge >= 0.3 is 11.9 Å². The number of piperidine rings is 1. The van der Waals surface area contributed by atoms with E-state index in [9.17, 15) is 35.2 Å². The Kier molecular flexibility index (Phi) is 5.08. The highest BCUT2D eigenvalue weighted by atomic mass is 32.2. The molecule has 0 radical (unpaired) electrons. The lowest BCUT2D eigenvalue weighted by Gasteiger charge is -2.30. The molecule has 0 atom stereocenters. The molecule has 7 nitrogen and oxygen atoms in total. The fourth-order valence-corrected chi connectivity index (χ4v) is 4.63. The minimum absolute atomic E-state index is 0.00954. The van der Waals surface area contributed by atoms with Gasteiger partial charge in [0.05, 0.1) is 6.04 Å². The summed E-state index contributed by atoms with van der Waals surface area (Å²) in [7, 11) is -3.39. The molecular weight excluding hydrogens is 411 g/mol. The molecule has 2 aromatic rings. The van der Waals surface area contributed by atoms with Gasteiger partial charge in [-0.05, 0) is 31.0 Å². The van der Waals surface area contributed by atoms with Gasteiger partial charge in [0.1, 0.15) is 16.5 Å². The third-order valence-electron chi connectivity index (χ3n) is 4.54. The van der Waals surface area contributed by atoms with Gasteiger partial charge in [-0.2, -0.15) is 17.5 Å². The van der Waals surface area contributed by atoms with E-state index in [4.69, 9.17) is 0 Å². The summed E-state index contributed by atoms with van der Waals surface area (Å²) in [5, 5.41) is 3.34. The van der Waals surface area contributed by atoms with Crippen molar-refractivity contribution in [2.45, 2.75) is 30.0 Å². The maximum Gasteiger partial charge on any atom is 0.451 e. The van der Waals surface area contributed by atoms with Crippen LogP contribution in [0.5, 0.6) is 0 Å². The first kappa shape index (κ1) is 20.5. The average Bonchev–Trinajstić information content (AvgIpc) is 2.92. The van der Waals surface area contributed by atoms with Crippen LogP contribution in [0.3, 0.4) is 0 Å². The third kappa shape index (κ3) is 3.55. The van der Waals surface area contributed by atoms with Crippen LogP contribution in [-0.2, 0) is 23.2 Å². The molecule has 0 aliphatic carbocycles. The third-order valence-corrected chi connectivity index (χ3v) is 6.45. The Balaban J connectivity index is 1.82. The number of benzene rings is 1. The number of alkyl halides is 3. The molecule has 1 aromatic carbocycles. The van der Waals surface area contributed by atoms with Crippen molar-refractivity contribution < 1.29 is 30.4 Å². The SMILES string of the molecule is Cn1c(C(F)(F)F)nn(C2CCN(S(=O)(=O)c3cc(F)ccc3F)CC2)c1=O. The van der Waals surface area contributed by atoms with Crippen LogP contribution in [0.4, 0.5) is 22.0 Å². The Bertz CT molecular complexity index is 1050. The summed E-state index contributed by atoms with van der Waals surface area (Å²) >= 11 is 0. The summed E-state index contributed by atoms with van der Waals surface area (Å²) in [6.07, 6.45) is -4.83. The van der Waals surface area contributed by atoms with Crippen LogP contribution in [0.1, 0.15) is 24.7 Å². The zero-order chi connectivity index (χ0) is 20.9. The van der Waals surface area contributed by atoms with Gasteiger partial charge in [-0.25, -0.2) is 26.7 Å². The summed E-state index contributed by atoms with van der Waals surface area (Å²) in [5.41, 5.74) is -0.968. The molecule has 0 spiro atoms. The molecule has 0 amide bonds. The van der Waals surface area contributed by atoms with E-state index in [0.29, 0.717) is 21.4 Å². The van der Waals surface area contributed by atoms with Crippen LogP contribution in [-0.4, -0.2) is 40.2 Å². The van der Waals surface area contributed by atoms with Crippen molar-refractivity contribution in [1.82, 2.24) is 18.7 Å². The number of hydrogen-bond donors (Lipinski definition) is 0. The van der Waals surface area contributed by atoms with Gasteiger partial charge in [0, 0.05) is 20.1 Å². The summed E-state index contributed by atoms with van der Waals surface area (Å²) in [4.78, 5) is 11.2. The Morgan fingerprint density at radius 2 is 1.75 bits per heavy atom. The first-order chi connectivity index (χ1) is 12.9. The van der Waals surface area contributed by atoms with E-state index < -0.39 is 50.3 Å². The van der Waals surface area contributed by atoms with Gasteiger partial charge in [-0.3, -0.25) is 4.57 Å². The van der Waals surface area contributed by atoms with Crippen molar-refractivity contribution in [3.05, 3.63) is 46.1 Å². The van der Waals surface area contributed by atoms with Crippen molar-refractivity contribution in [2.24, 2.45) is 7.05 Å². The smallest absolute Gasteiger partial charge is 0.274 e. The summed E-state index contributed by atoms with van der Waals surface area (Å²) in [6.45, 7) is -0.374. The molecule has 28 heavy (non-hydrogen) atoms. The van der Waals surface area contributed by atoms with Crippen LogP contribution in [0, 0.1) is 11.6 Å². The van der Waals surface area contributed by atoms with Crippen LogP contribution in [0.2, 0.25) is 0 Å². The molecule has 0 saturated carbocycles. The molecule has 3 rings (SSSR count). The van der Waals surface area contributed by atoms with Crippen molar-refractivity contribution in [2.75, 3.05) is 13.1 Å². The summed E-state index contributed by atoms with van der Waals surface area (Å²) < 4.78 is 92.9. The van der Waals surface area contributed by atoms with Crippen LogP contribution in [0.25, 0.3) is 0 Å². The topological polar surface area (TPSA) is 77.2 Å². The second-order valence-electron chi connectivity index (χ2n) is 6.32. The molecule has 0 unspecified atom stereocenters. The Hall–Kier alpha value is -2.28. The fraction of sp³-hybridized carbons (Fsp3) is 0.467. The van der Waals surface area contributed by atoms with Gasteiger partial charge < -0.3 is 0 Å². The highest BCUT2D eigenvalue weighted by molar-refractivity contribution is 7.89. The van der Waals surface area contributed by atoms with E-state index in [0.717, 1.165) is 17.4 Å². The van der Waals surface area contributed by atoms with Crippen LogP contribution >= 0.6 is 0 Å². The average molecular weight is 426 g/mol. The number of rotatable bonds is 3. The molecule has 1 aliphatic rings. The van der Waals surface area contributed by atoms with Gasteiger partial charge in [0.15, 0.2) is 0 Å². The molecular formula is C15H15F5N4O3S. The molecule has 2 heterocycles. The van der Waals surface area contributed by atoms with Crippen molar-refractivity contribution in [3.63, 3.8) is 0 Å². The molecule has 154 valence electrons. The molecule has 1 fully saturated rings. The van der Waals surface area contributed by atoms with Crippen LogP contribution < -0.4 is 5.69 Å². The number of nitrogens with zero attached hydrogens (tertiary/aromatic N) is 4.